The van der Waals surface area contributed by atoms with Crippen molar-refractivity contribution in [1.82, 2.24) is 10.6 Å². The van der Waals surface area contributed by atoms with Crippen LogP contribution in [0.2, 0.25) is 0 Å². The molecule has 0 aromatic heterocycles. The summed E-state index contributed by atoms with van der Waals surface area (Å²) in [5, 5.41) is 268. The molecule has 0 aromatic carbocycles. The molecule has 98 heavy (non-hydrogen) atoms. The average Bonchev–Trinajstić information content (AvgIpc) is 0.750. The van der Waals surface area contributed by atoms with E-state index in [1.54, 1.807) is 0 Å². The summed E-state index contributed by atoms with van der Waals surface area (Å²) in [6.07, 6.45) is -77.4. The van der Waals surface area contributed by atoms with Crippen LogP contribution < -0.4 is 10.6 Å². The lowest BCUT2D eigenvalue weighted by Gasteiger charge is -2.52. The number of aliphatic hydroxyl groups excluding tert-OH is 23. The van der Waals surface area contributed by atoms with Crippen molar-refractivity contribution in [2.45, 2.75) is 286 Å². The zero-order chi connectivity index (χ0) is 73.0. The van der Waals surface area contributed by atoms with E-state index >= 15 is 0 Å². The number of aliphatic carboxylic acids is 1. The first-order valence-electron chi connectivity index (χ1n) is 31.3. The Labute approximate surface area is 556 Å². The van der Waals surface area contributed by atoms with E-state index in [0.717, 1.165) is 13.8 Å². The summed E-state index contributed by atoms with van der Waals surface area (Å²) >= 11 is 0. The van der Waals surface area contributed by atoms with Gasteiger partial charge in [0.25, 0.3) is 5.79 Å². The van der Waals surface area contributed by atoms with E-state index < -0.39 is 309 Å². The van der Waals surface area contributed by atoms with Gasteiger partial charge in [-0.25, -0.2) is 4.79 Å². The number of hydrogen-bond acceptors (Lipinski definition) is 40. The van der Waals surface area contributed by atoms with Gasteiger partial charge in [-0.2, -0.15) is 0 Å². The second-order valence-corrected chi connectivity index (χ2v) is 25.0. The van der Waals surface area contributed by atoms with Crippen LogP contribution in [0.3, 0.4) is 0 Å². The van der Waals surface area contributed by atoms with Gasteiger partial charge in [-0.05, 0) is 20.8 Å². The lowest BCUT2D eigenvalue weighted by molar-refractivity contribution is -0.406. The number of hydrogen-bond donors (Lipinski definition) is 26. The molecule has 2 amide bonds. The largest absolute Gasteiger partial charge is 0.477 e. The fraction of sp³-hybridized carbons (Fsp3) is 0.945. The fourth-order valence-electron chi connectivity index (χ4n) is 12.3. The molecule has 43 nitrogen and oxygen atoms in total. The van der Waals surface area contributed by atoms with Gasteiger partial charge < -0.3 is 200 Å². The van der Waals surface area contributed by atoms with Crippen LogP contribution in [-0.2, 0) is 80.7 Å². The van der Waals surface area contributed by atoms with Gasteiger partial charge in [0.2, 0.25) is 11.8 Å². The Kier molecular flexibility index (Phi) is 29.5. The molecule has 7 aliphatic heterocycles. The van der Waals surface area contributed by atoms with Crippen LogP contribution >= 0.6 is 0 Å². The summed E-state index contributed by atoms with van der Waals surface area (Å²) in [6, 6.07) is -3.72. The van der Waals surface area contributed by atoms with E-state index in [0.29, 0.717) is 0 Å². The smallest absolute Gasteiger partial charge is 0.364 e. The normalized spacial score (nSPS) is 46.8. The third-order valence-corrected chi connectivity index (χ3v) is 18.0. The number of carboxylic acid groups (broad SMARTS) is 1. The molecule has 7 fully saturated rings. The summed E-state index contributed by atoms with van der Waals surface area (Å²) in [4.78, 5) is 39.2. The van der Waals surface area contributed by atoms with Crippen molar-refractivity contribution < 1.29 is 203 Å². The van der Waals surface area contributed by atoms with Gasteiger partial charge in [-0.3, -0.25) is 9.59 Å². The van der Waals surface area contributed by atoms with Gasteiger partial charge in [-0.1, -0.05) is 0 Å². The zero-order valence-electron chi connectivity index (χ0n) is 53.1. The topological polar surface area (TPSA) is 690 Å². The Morgan fingerprint density at radius 2 is 0.959 bits per heavy atom. The van der Waals surface area contributed by atoms with Gasteiger partial charge in [0.1, 0.15) is 171 Å². The molecule has 0 radical (unpaired) electrons. The predicted molar refractivity (Wildman–Crippen MR) is 303 cm³/mol. The molecule has 0 aromatic rings. The molecule has 7 aliphatic rings. The molecule has 0 spiro atoms. The number of amides is 2. The van der Waals surface area contributed by atoms with E-state index in [-0.39, 0.29) is 0 Å². The minimum Gasteiger partial charge on any atom is -0.477 e. The van der Waals surface area contributed by atoms with Crippen molar-refractivity contribution in [3.05, 3.63) is 0 Å². The second-order valence-electron chi connectivity index (χ2n) is 25.0. The highest BCUT2D eigenvalue weighted by Crippen LogP contribution is 2.43. The zero-order valence-corrected chi connectivity index (χ0v) is 53.1. The summed E-state index contributed by atoms with van der Waals surface area (Å²) < 4.78 is 81.1. The number of carboxylic acids is 1. The highest BCUT2D eigenvalue weighted by atomic mass is 16.8. The van der Waals surface area contributed by atoms with Crippen LogP contribution in [0.1, 0.15) is 41.0 Å². The Hall–Kier alpha value is -3.07. The summed E-state index contributed by atoms with van der Waals surface area (Å²) in [5.41, 5.74) is 0. The van der Waals surface area contributed by atoms with E-state index in [9.17, 15) is 137 Å². The highest BCUT2D eigenvalue weighted by molar-refractivity contribution is 5.76. The van der Waals surface area contributed by atoms with Crippen LogP contribution in [0.5, 0.6) is 0 Å². The molecule has 0 bridgehead atoms. The SMILES string of the molecule is CC(=O)N[C@H]1[C@H](OC[C@@H](O)[C@@H](O)[C@H](O[C@@H]2O[C@H](CO)[C@H](O)[C@H](O[C@]3(C(=O)O)C[C@H](O[C@@H]4O[C@@H](C)[C@@H](O)[C@@H](O)[C@@H]4O)[C@@H](O[C@@H]4O[C@@H](C)[C@@H](O)[C@@H](O)[C@@H]4O)[C@H]([C@H](O)[C@H](O)CO)O3)[C@H]2O)[C@H](CO)NC(C)=O)O[C@H](CO)[C@@H](O[C@@H]2O[C@H](CO)[C@H](O)[C@H](O)[C@H]2O[C@@H]2O[C@@H](C)[C@@H](O)[C@@H](O)[C@@H]2O)[C@@H]1O. The van der Waals surface area contributed by atoms with Crippen molar-refractivity contribution in [3.63, 3.8) is 0 Å². The Balaban J connectivity index is 1.16. The van der Waals surface area contributed by atoms with Gasteiger partial charge in [0.15, 0.2) is 37.7 Å². The monoisotopic (exact) mass is 1440 g/mol. The van der Waals surface area contributed by atoms with Gasteiger partial charge in [0.05, 0.1) is 70.1 Å². The van der Waals surface area contributed by atoms with Crippen LogP contribution in [0.25, 0.3) is 0 Å². The lowest BCUT2D eigenvalue weighted by atomic mass is 9.89. The van der Waals surface area contributed by atoms with Crippen molar-refractivity contribution in [3.8, 4) is 0 Å². The van der Waals surface area contributed by atoms with E-state index in [1.807, 2.05) is 0 Å². The number of ether oxygens (including phenoxy) is 14. The second kappa shape index (κ2) is 35.1. The van der Waals surface area contributed by atoms with Crippen LogP contribution in [-0.4, -0.2) is 425 Å². The number of carbonyl (C=O) groups excluding carboxylic acids is 2. The molecule has 7 heterocycles. The highest BCUT2D eigenvalue weighted by Gasteiger charge is 2.63. The van der Waals surface area contributed by atoms with Gasteiger partial charge in [0, 0.05) is 20.3 Å². The first-order chi connectivity index (χ1) is 46.0. The molecule has 7 rings (SSSR count). The predicted octanol–water partition coefficient (Wildman–Crippen LogP) is -16.2. The average molecular weight is 1440 g/mol. The standard InChI is InChI=1S/C55H94N2O41/c1-13-26(67)34(75)38(79)49(86-13)89-21-6-55(54(83)84,98-46(29(70)19(65)8-59)44(21)95-50-39(80)35(76)27(68)14(2)87-50)97-45-32(73)23(10-61)90-52(41(45)82)93-42(18(7-58)56-16(4)63)30(71)20(66)12-85-48-25(57-17(5)64)33(74)43(24(11-62)92-48)94-53-47(37(78)31(72)22(9-60)91-53)96-51-40(81)36(77)28(69)15(3)88-51/h13-15,18-53,58-62,65-82H,6-12H2,1-5H3,(H,56,63)(H,57,64)(H,83,84)/t13-,14-,15-,18-,19+,20+,21-,22+,23+,24+,25+,26+,27+,28+,29+,30+,31-,32-,33+,34+,35+,36+,37-,38-,39-,40-,41+,42+,43+,44+,45-,46-,47+,48+,49-,50-,51-,52-,53-,55+/m0/s1. The van der Waals surface area contributed by atoms with Crippen LogP contribution in [0.4, 0.5) is 0 Å². The third-order valence-electron chi connectivity index (χ3n) is 18.0. The molecular weight excluding hydrogens is 1340 g/mol. The van der Waals surface area contributed by atoms with Crippen molar-refractivity contribution in [2.24, 2.45) is 0 Å². The molecule has 26 N–H and O–H groups in total. The third kappa shape index (κ3) is 18.0. The minimum absolute atomic E-state index is 0.905. The van der Waals surface area contributed by atoms with Crippen LogP contribution in [0.15, 0.2) is 0 Å². The number of nitrogens with one attached hydrogen (secondary N) is 2. The molecular formula is C55H94N2O41. The van der Waals surface area contributed by atoms with E-state index in [1.165, 1.54) is 20.8 Å². The summed E-state index contributed by atoms with van der Waals surface area (Å²) in [7, 11) is 0. The van der Waals surface area contributed by atoms with Crippen molar-refractivity contribution >= 4 is 17.8 Å². The molecule has 0 aliphatic carbocycles. The molecule has 40 atom stereocenters. The van der Waals surface area contributed by atoms with Crippen LogP contribution in [0, 0.1) is 0 Å². The Morgan fingerprint density at radius 1 is 0.480 bits per heavy atom. The van der Waals surface area contributed by atoms with Gasteiger partial charge >= 0.3 is 5.97 Å². The maximum absolute atomic E-state index is 13.9. The summed E-state index contributed by atoms with van der Waals surface area (Å²) in [5.74, 6) is -7.65. The summed E-state index contributed by atoms with van der Waals surface area (Å²) in [6.45, 7) is -1.49. The molecule has 570 valence electrons. The first-order valence-corrected chi connectivity index (χ1v) is 31.3. The minimum atomic E-state index is -3.53. The van der Waals surface area contributed by atoms with Crippen molar-refractivity contribution in [2.75, 3.05) is 39.6 Å². The Morgan fingerprint density at radius 3 is 1.44 bits per heavy atom. The maximum atomic E-state index is 13.9. The number of aliphatic hydroxyl groups is 23. The molecule has 43 heteroatoms. The van der Waals surface area contributed by atoms with Gasteiger partial charge in [-0.15, -0.1) is 0 Å². The molecule has 7 saturated heterocycles. The maximum Gasteiger partial charge on any atom is 0.364 e. The first kappa shape index (κ1) is 82.2. The van der Waals surface area contributed by atoms with E-state index in [4.69, 9.17) is 66.3 Å². The van der Waals surface area contributed by atoms with E-state index in [2.05, 4.69) is 10.6 Å². The fourth-order valence-corrected chi connectivity index (χ4v) is 12.3. The van der Waals surface area contributed by atoms with Crippen molar-refractivity contribution in [1.29, 1.82) is 0 Å². The molecule has 0 unspecified atom stereocenters. The lowest BCUT2D eigenvalue weighted by Crippen LogP contribution is -2.70. The Bertz CT molecular complexity index is 2510. The molecule has 0 saturated carbocycles. The number of rotatable bonds is 28. The quantitative estimate of drug-likeness (QED) is 0.0346. The number of carbonyl (C=O) groups is 3.